The average molecular weight is 297 g/mol. The highest BCUT2D eigenvalue weighted by Gasteiger charge is 2.16. The molecule has 2 heterocycles. The minimum absolute atomic E-state index is 0.523. The second-order valence-corrected chi connectivity index (χ2v) is 5.79. The number of fused-ring (bicyclic) bond motifs is 1. The van der Waals surface area contributed by atoms with Crippen LogP contribution in [0.5, 0.6) is 0 Å². The number of hydrogen-bond donors (Lipinski definition) is 1. The third-order valence-electron chi connectivity index (χ3n) is 4.32. The van der Waals surface area contributed by atoms with E-state index in [-0.39, 0.29) is 0 Å². The van der Waals surface area contributed by atoms with Crippen LogP contribution in [0, 0.1) is 11.3 Å². The molecule has 1 fully saturated rings. The number of rotatable bonds is 5. The molecule has 1 aromatic carbocycles. The topological polar surface area (TPSA) is 56.9 Å². The highest BCUT2D eigenvalue weighted by molar-refractivity contribution is 5.77. The molecule has 0 unspecified atom stereocenters. The van der Waals surface area contributed by atoms with Gasteiger partial charge < -0.3 is 9.88 Å². The molecular formula is C17H23N5. The highest BCUT2D eigenvalue weighted by Crippen LogP contribution is 2.20. The van der Waals surface area contributed by atoms with Crippen molar-refractivity contribution in [1.82, 2.24) is 19.8 Å². The Labute approximate surface area is 131 Å². The van der Waals surface area contributed by atoms with Gasteiger partial charge in [0.25, 0.3) is 0 Å². The van der Waals surface area contributed by atoms with Crippen LogP contribution in [0.15, 0.2) is 18.2 Å². The van der Waals surface area contributed by atoms with Gasteiger partial charge in [0.2, 0.25) is 0 Å². The van der Waals surface area contributed by atoms with E-state index in [0.717, 1.165) is 62.5 Å². The van der Waals surface area contributed by atoms with Gasteiger partial charge in [0.15, 0.2) is 0 Å². The number of nitrogens with one attached hydrogen (secondary N) is 1. The first kappa shape index (κ1) is 15.0. The summed E-state index contributed by atoms with van der Waals surface area (Å²) in [5, 5.41) is 12.3. The van der Waals surface area contributed by atoms with Crippen molar-refractivity contribution in [3.05, 3.63) is 29.6 Å². The number of benzene rings is 1. The van der Waals surface area contributed by atoms with Crippen molar-refractivity contribution >= 4 is 11.0 Å². The molecule has 5 nitrogen and oxygen atoms in total. The number of nitriles is 1. The van der Waals surface area contributed by atoms with Crippen LogP contribution >= 0.6 is 0 Å². The molecule has 1 N–H and O–H groups in total. The molecule has 0 atom stereocenters. The van der Waals surface area contributed by atoms with Crippen LogP contribution in [-0.4, -0.2) is 40.6 Å². The largest absolute Gasteiger partial charge is 0.326 e. The molecule has 22 heavy (non-hydrogen) atoms. The van der Waals surface area contributed by atoms with Crippen LogP contribution < -0.4 is 5.32 Å². The predicted octanol–water partition coefficient (Wildman–Crippen LogP) is 1.92. The van der Waals surface area contributed by atoms with Gasteiger partial charge in [-0.2, -0.15) is 5.26 Å². The summed E-state index contributed by atoms with van der Waals surface area (Å²) in [4.78, 5) is 7.29. The Morgan fingerprint density at radius 3 is 2.86 bits per heavy atom. The fourth-order valence-corrected chi connectivity index (χ4v) is 3.05. The Morgan fingerprint density at radius 1 is 1.32 bits per heavy atom. The molecule has 2 aromatic rings. The lowest BCUT2D eigenvalue weighted by atomic mass is 10.1. The molecule has 116 valence electrons. The molecule has 0 amide bonds. The number of aromatic nitrogens is 2. The van der Waals surface area contributed by atoms with E-state index in [1.165, 1.54) is 5.56 Å². The number of aryl methyl sites for hydroxylation is 2. The normalized spacial score (nSPS) is 16.0. The fourth-order valence-electron chi connectivity index (χ4n) is 3.05. The molecule has 1 aromatic heterocycles. The quantitative estimate of drug-likeness (QED) is 0.916. The molecule has 1 saturated heterocycles. The molecule has 3 rings (SSSR count). The van der Waals surface area contributed by atoms with E-state index >= 15 is 0 Å². The summed E-state index contributed by atoms with van der Waals surface area (Å²) in [6.45, 7) is 7.94. The van der Waals surface area contributed by atoms with Crippen LogP contribution in [0.4, 0.5) is 0 Å². The summed E-state index contributed by atoms with van der Waals surface area (Å²) in [5.41, 5.74) is 3.52. The van der Waals surface area contributed by atoms with Crippen molar-refractivity contribution in [2.75, 3.05) is 26.2 Å². The lowest BCUT2D eigenvalue weighted by molar-refractivity contribution is 0.225. The van der Waals surface area contributed by atoms with Crippen LogP contribution in [0.25, 0.3) is 11.0 Å². The molecule has 1 aliphatic heterocycles. The predicted molar refractivity (Wildman–Crippen MR) is 87.5 cm³/mol. The Bertz CT molecular complexity index is 676. The molecule has 0 bridgehead atoms. The first-order valence-corrected chi connectivity index (χ1v) is 8.10. The first-order chi connectivity index (χ1) is 10.8. The Morgan fingerprint density at radius 2 is 2.14 bits per heavy atom. The summed E-state index contributed by atoms with van der Waals surface area (Å²) in [6.07, 6.45) is 1.55. The third kappa shape index (κ3) is 3.13. The number of imidazole rings is 1. The Hall–Kier alpha value is -1.90. The molecule has 0 radical (unpaired) electrons. The fraction of sp³-hybridized carbons (Fsp3) is 0.529. The number of nitrogens with zero attached hydrogens (tertiary/aromatic N) is 4. The second kappa shape index (κ2) is 6.91. The van der Waals surface area contributed by atoms with E-state index in [2.05, 4.69) is 46.0 Å². The number of hydrogen-bond acceptors (Lipinski definition) is 4. The van der Waals surface area contributed by atoms with Crippen LogP contribution in [0.2, 0.25) is 0 Å². The monoisotopic (exact) mass is 297 g/mol. The van der Waals surface area contributed by atoms with E-state index in [4.69, 9.17) is 10.2 Å². The summed E-state index contributed by atoms with van der Waals surface area (Å²) < 4.78 is 2.22. The van der Waals surface area contributed by atoms with Crippen molar-refractivity contribution < 1.29 is 0 Å². The van der Waals surface area contributed by atoms with Gasteiger partial charge >= 0.3 is 0 Å². The van der Waals surface area contributed by atoms with E-state index < -0.39 is 0 Å². The zero-order valence-corrected chi connectivity index (χ0v) is 13.2. The standard InChI is InChI=1S/C17H23N5/c1-2-14-4-5-16-15(12-14)20-17(22(16)9-3-6-18)13-21-10-7-19-8-11-21/h4-5,12,19H,2-3,7-11,13H2,1H3. The highest BCUT2D eigenvalue weighted by atomic mass is 15.2. The molecule has 5 heteroatoms. The smallest absolute Gasteiger partial charge is 0.124 e. The zero-order chi connectivity index (χ0) is 15.4. The maximum absolute atomic E-state index is 8.93. The SMILES string of the molecule is CCc1ccc2c(c1)nc(CN1CCNCC1)n2CCC#N. The van der Waals surface area contributed by atoms with Gasteiger partial charge in [-0.3, -0.25) is 4.90 Å². The van der Waals surface area contributed by atoms with Crippen LogP contribution in [-0.2, 0) is 19.5 Å². The van der Waals surface area contributed by atoms with Crippen LogP contribution in [0.3, 0.4) is 0 Å². The summed E-state index contributed by atoms with van der Waals surface area (Å²) in [5.74, 6) is 1.08. The van der Waals surface area contributed by atoms with Crippen molar-refractivity contribution in [3.8, 4) is 6.07 Å². The Balaban J connectivity index is 1.93. The van der Waals surface area contributed by atoms with Gasteiger partial charge in [-0.05, 0) is 24.1 Å². The van der Waals surface area contributed by atoms with Crippen LogP contribution in [0.1, 0.15) is 24.7 Å². The van der Waals surface area contributed by atoms with Gasteiger partial charge in [-0.25, -0.2) is 4.98 Å². The zero-order valence-electron chi connectivity index (χ0n) is 13.2. The van der Waals surface area contributed by atoms with Gasteiger partial charge in [0.1, 0.15) is 5.82 Å². The minimum atomic E-state index is 0.523. The lowest BCUT2D eigenvalue weighted by Gasteiger charge is -2.26. The third-order valence-corrected chi connectivity index (χ3v) is 4.32. The molecular weight excluding hydrogens is 274 g/mol. The van der Waals surface area contributed by atoms with Gasteiger partial charge in [0.05, 0.1) is 30.1 Å². The maximum Gasteiger partial charge on any atom is 0.124 e. The van der Waals surface area contributed by atoms with Crippen molar-refractivity contribution in [2.24, 2.45) is 0 Å². The first-order valence-electron chi connectivity index (χ1n) is 8.10. The molecule has 0 aliphatic carbocycles. The van der Waals surface area contributed by atoms with E-state index in [1.54, 1.807) is 0 Å². The van der Waals surface area contributed by atoms with Crippen molar-refractivity contribution in [3.63, 3.8) is 0 Å². The van der Waals surface area contributed by atoms with E-state index in [1.807, 2.05) is 0 Å². The van der Waals surface area contributed by atoms with Gasteiger partial charge in [0, 0.05) is 32.7 Å². The average Bonchev–Trinajstić information content (AvgIpc) is 2.90. The number of piperazine rings is 1. The maximum atomic E-state index is 8.93. The molecule has 1 aliphatic rings. The van der Waals surface area contributed by atoms with Gasteiger partial charge in [-0.1, -0.05) is 13.0 Å². The molecule has 0 spiro atoms. The lowest BCUT2D eigenvalue weighted by Crippen LogP contribution is -2.43. The second-order valence-electron chi connectivity index (χ2n) is 5.79. The van der Waals surface area contributed by atoms with Crippen molar-refractivity contribution in [2.45, 2.75) is 32.9 Å². The minimum Gasteiger partial charge on any atom is -0.326 e. The van der Waals surface area contributed by atoms with E-state index in [0.29, 0.717) is 6.42 Å². The summed E-state index contributed by atoms with van der Waals surface area (Å²) in [6, 6.07) is 8.75. The molecule has 0 saturated carbocycles. The van der Waals surface area contributed by atoms with Gasteiger partial charge in [-0.15, -0.1) is 0 Å². The summed E-state index contributed by atoms with van der Waals surface area (Å²) >= 11 is 0. The van der Waals surface area contributed by atoms with Crippen molar-refractivity contribution in [1.29, 1.82) is 5.26 Å². The summed E-state index contributed by atoms with van der Waals surface area (Å²) in [7, 11) is 0. The van der Waals surface area contributed by atoms with E-state index in [9.17, 15) is 0 Å². The Kier molecular flexibility index (Phi) is 4.71.